The molecule has 0 spiro atoms. The molecule has 0 radical (unpaired) electrons. The summed E-state index contributed by atoms with van der Waals surface area (Å²) in [6.45, 7) is 1.68. The molecule has 3 rings (SSSR count). The molecule has 154 valence electrons. The first-order chi connectivity index (χ1) is 13.8. The summed E-state index contributed by atoms with van der Waals surface area (Å²) in [7, 11) is -3.54. The summed E-state index contributed by atoms with van der Waals surface area (Å²) in [6.07, 6.45) is 1.44. The van der Waals surface area contributed by atoms with Crippen LogP contribution in [0.1, 0.15) is 5.56 Å². The van der Waals surface area contributed by atoms with Gasteiger partial charge in [-0.3, -0.25) is 9.69 Å². The Hall–Kier alpha value is -2.27. The van der Waals surface area contributed by atoms with Crippen LogP contribution in [0.5, 0.6) is 5.75 Å². The fourth-order valence-corrected chi connectivity index (χ4v) is 4.59. The highest BCUT2D eigenvalue weighted by molar-refractivity contribution is 9.10. The van der Waals surface area contributed by atoms with Crippen LogP contribution in [0.2, 0.25) is 0 Å². The lowest BCUT2D eigenvalue weighted by Crippen LogP contribution is -2.50. The van der Waals surface area contributed by atoms with Crippen LogP contribution in [0, 0.1) is 0 Å². The minimum atomic E-state index is -3.54. The molecule has 1 fully saturated rings. The van der Waals surface area contributed by atoms with Crippen molar-refractivity contribution in [2.75, 3.05) is 32.7 Å². The number of phenolic OH excluding ortho intramolecular Hbond substituents is 1. The number of halogens is 1. The average Bonchev–Trinajstić information content (AvgIpc) is 2.69. The van der Waals surface area contributed by atoms with Gasteiger partial charge in [-0.15, -0.1) is 0 Å². The van der Waals surface area contributed by atoms with Crippen molar-refractivity contribution in [2.45, 2.75) is 4.90 Å². The zero-order chi connectivity index (χ0) is 20.9. The van der Waals surface area contributed by atoms with E-state index in [0.717, 1.165) is 4.47 Å². The zero-order valence-corrected chi connectivity index (χ0v) is 17.9. The molecule has 0 saturated carbocycles. The fourth-order valence-electron chi connectivity index (χ4n) is 2.91. The molecular weight excluding hydrogens is 460 g/mol. The largest absolute Gasteiger partial charge is 0.508 e. The van der Waals surface area contributed by atoms with E-state index in [1.165, 1.54) is 16.6 Å². The number of benzene rings is 2. The van der Waals surface area contributed by atoms with Crippen molar-refractivity contribution in [3.63, 3.8) is 0 Å². The minimum Gasteiger partial charge on any atom is -0.508 e. The third-order valence-corrected chi connectivity index (χ3v) is 6.86. The molecule has 29 heavy (non-hydrogen) atoms. The number of phenols is 1. The van der Waals surface area contributed by atoms with E-state index in [1.54, 1.807) is 42.5 Å². The highest BCUT2D eigenvalue weighted by atomic mass is 79.9. The SMILES string of the molecule is O=C(CN1CCN(S(=O)(=O)c2ccc(Br)cc2)CC1)N/N=C\c1cccc(O)c1. The van der Waals surface area contributed by atoms with E-state index in [1.807, 2.05) is 4.90 Å². The third kappa shape index (κ3) is 5.86. The summed E-state index contributed by atoms with van der Waals surface area (Å²) in [5.74, 6) is -0.165. The molecule has 2 N–H and O–H groups in total. The van der Waals surface area contributed by atoms with Gasteiger partial charge in [0.25, 0.3) is 5.91 Å². The minimum absolute atomic E-state index is 0.122. The number of amides is 1. The molecule has 0 unspecified atom stereocenters. The van der Waals surface area contributed by atoms with Gasteiger partial charge >= 0.3 is 0 Å². The molecule has 2 aromatic carbocycles. The van der Waals surface area contributed by atoms with Crippen molar-refractivity contribution < 1.29 is 18.3 Å². The number of carbonyl (C=O) groups excluding carboxylic acids is 1. The van der Waals surface area contributed by atoms with Crippen molar-refractivity contribution in [3.05, 3.63) is 58.6 Å². The Labute approximate surface area is 178 Å². The number of hydrogen-bond donors (Lipinski definition) is 2. The van der Waals surface area contributed by atoms with Gasteiger partial charge in [-0.1, -0.05) is 28.1 Å². The van der Waals surface area contributed by atoms with E-state index < -0.39 is 10.0 Å². The van der Waals surface area contributed by atoms with Gasteiger partial charge in [0.15, 0.2) is 0 Å². The van der Waals surface area contributed by atoms with Crippen LogP contribution in [0.25, 0.3) is 0 Å². The number of rotatable bonds is 6. The molecule has 1 aliphatic rings. The topological polar surface area (TPSA) is 102 Å². The Morgan fingerprint density at radius 2 is 1.83 bits per heavy atom. The van der Waals surface area contributed by atoms with Crippen LogP contribution >= 0.6 is 15.9 Å². The predicted octanol–water partition coefficient (Wildman–Crippen LogP) is 1.61. The second-order valence-electron chi connectivity index (χ2n) is 6.52. The lowest BCUT2D eigenvalue weighted by molar-refractivity contribution is -0.122. The Morgan fingerprint density at radius 1 is 1.14 bits per heavy atom. The molecule has 1 amide bonds. The van der Waals surface area contributed by atoms with E-state index in [2.05, 4.69) is 26.5 Å². The highest BCUT2D eigenvalue weighted by Gasteiger charge is 2.28. The van der Waals surface area contributed by atoms with Crippen molar-refractivity contribution in [1.82, 2.24) is 14.6 Å². The van der Waals surface area contributed by atoms with Crippen molar-refractivity contribution in [3.8, 4) is 5.75 Å². The Morgan fingerprint density at radius 3 is 2.48 bits per heavy atom. The van der Waals surface area contributed by atoms with Gasteiger partial charge in [-0.05, 0) is 42.0 Å². The van der Waals surface area contributed by atoms with Crippen molar-refractivity contribution >= 4 is 38.1 Å². The van der Waals surface area contributed by atoms with Crippen molar-refractivity contribution in [2.24, 2.45) is 5.10 Å². The number of sulfonamides is 1. The molecule has 10 heteroatoms. The van der Waals surface area contributed by atoms with E-state index >= 15 is 0 Å². The molecular formula is C19H21BrN4O4S. The van der Waals surface area contributed by atoms with E-state index in [4.69, 9.17) is 0 Å². The normalized spacial score (nSPS) is 16.2. The second-order valence-corrected chi connectivity index (χ2v) is 9.38. The fraction of sp³-hybridized carbons (Fsp3) is 0.263. The van der Waals surface area contributed by atoms with Gasteiger partial charge in [-0.2, -0.15) is 9.41 Å². The summed E-state index contributed by atoms with van der Waals surface area (Å²) in [6, 6.07) is 13.1. The lowest BCUT2D eigenvalue weighted by Gasteiger charge is -2.33. The van der Waals surface area contributed by atoms with Crippen LogP contribution in [-0.2, 0) is 14.8 Å². The number of nitrogens with one attached hydrogen (secondary N) is 1. The van der Waals surface area contributed by atoms with Crippen molar-refractivity contribution in [1.29, 1.82) is 0 Å². The molecule has 1 aliphatic heterocycles. The molecule has 2 aromatic rings. The molecule has 0 bridgehead atoms. The molecule has 1 heterocycles. The average molecular weight is 481 g/mol. The summed E-state index contributed by atoms with van der Waals surface area (Å²) >= 11 is 3.30. The maximum atomic E-state index is 12.7. The Bertz CT molecular complexity index is 988. The lowest BCUT2D eigenvalue weighted by atomic mass is 10.2. The quantitative estimate of drug-likeness (QED) is 0.482. The maximum absolute atomic E-state index is 12.7. The third-order valence-electron chi connectivity index (χ3n) is 4.42. The number of carbonyl (C=O) groups is 1. The number of hydrazone groups is 1. The van der Waals surface area contributed by atoms with Gasteiger partial charge in [0, 0.05) is 30.7 Å². The first-order valence-electron chi connectivity index (χ1n) is 8.93. The molecule has 0 atom stereocenters. The molecule has 8 nitrogen and oxygen atoms in total. The van der Waals surface area contributed by atoms with Crippen LogP contribution in [0.4, 0.5) is 0 Å². The van der Waals surface area contributed by atoms with Gasteiger partial charge in [0.05, 0.1) is 17.7 Å². The molecule has 0 aliphatic carbocycles. The van der Waals surface area contributed by atoms with Crippen LogP contribution in [0.3, 0.4) is 0 Å². The number of aromatic hydroxyl groups is 1. The first-order valence-corrected chi connectivity index (χ1v) is 11.2. The standard InChI is InChI=1S/C19H21BrN4O4S/c20-16-4-6-18(7-5-16)29(27,28)24-10-8-23(9-11-24)14-19(26)22-21-13-15-2-1-3-17(25)12-15/h1-7,12-13,25H,8-11,14H2,(H,22,26)/b21-13-. The van der Waals surface area contributed by atoms with E-state index in [9.17, 15) is 18.3 Å². The summed E-state index contributed by atoms with van der Waals surface area (Å²) in [4.78, 5) is 14.2. The van der Waals surface area contributed by atoms with Gasteiger partial charge in [0.2, 0.25) is 10.0 Å². The number of piperazine rings is 1. The van der Waals surface area contributed by atoms with Crippen LogP contribution in [0.15, 0.2) is 63.0 Å². The first kappa shape index (κ1) is 21.4. The smallest absolute Gasteiger partial charge is 0.254 e. The Kier molecular flexibility index (Phi) is 7.01. The Balaban J connectivity index is 1.48. The molecule has 0 aromatic heterocycles. The second kappa shape index (κ2) is 9.49. The summed E-state index contributed by atoms with van der Waals surface area (Å²) < 4.78 is 27.7. The van der Waals surface area contributed by atoms with Gasteiger partial charge in [-0.25, -0.2) is 13.8 Å². The van der Waals surface area contributed by atoms with Gasteiger partial charge in [0.1, 0.15) is 5.75 Å². The van der Waals surface area contributed by atoms with Crippen LogP contribution in [-0.4, -0.2) is 67.6 Å². The predicted molar refractivity (Wildman–Crippen MR) is 113 cm³/mol. The van der Waals surface area contributed by atoms with Gasteiger partial charge < -0.3 is 5.11 Å². The van der Waals surface area contributed by atoms with E-state index in [0.29, 0.717) is 31.7 Å². The monoisotopic (exact) mass is 480 g/mol. The van der Waals surface area contributed by atoms with E-state index in [-0.39, 0.29) is 23.1 Å². The molecule has 1 saturated heterocycles. The maximum Gasteiger partial charge on any atom is 0.254 e. The highest BCUT2D eigenvalue weighted by Crippen LogP contribution is 2.20. The summed E-state index contributed by atoms with van der Waals surface area (Å²) in [5.41, 5.74) is 3.11. The summed E-state index contributed by atoms with van der Waals surface area (Å²) in [5, 5.41) is 13.3. The number of hydrogen-bond acceptors (Lipinski definition) is 6. The zero-order valence-electron chi connectivity index (χ0n) is 15.5. The number of nitrogens with zero attached hydrogens (tertiary/aromatic N) is 3. The van der Waals surface area contributed by atoms with Crippen LogP contribution < -0.4 is 5.43 Å².